The van der Waals surface area contributed by atoms with Gasteiger partial charge in [-0.1, -0.05) is 73.3 Å². The zero-order valence-electron chi connectivity index (χ0n) is 21.6. The standard InChI is InChI=1S/C28H36N4O6/c1-2-21-36-26(33)30-15-13-29-14-16-31(27(34)37-22-24-9-5-3-6-10-24)18-20-32(19-17-30)28(35)38-23-25-11-7-4-8-12-25/h2-12,29H,1,13-23H2. The molecule has 2 aromatic rings. The van der Waals surface area contributed by atoms with Gasteiger partial charge in [0.2, 0.25) is 0 Å². The van der Waals surface area contributed by atoms with E-state index in [1.807, 2.05) is 60.7 Å². The van der Waals surface area contributed by atoms with Gasteiger partial charge >= 0.3 is 18.3 Å². The molecule has 3 rings (SSSR count). The second-order valence-electron chi connectivity index (χ2n) is 8.66. The van der Waals surface area contributed by atoms with Crippen molar-refractivity contribution < 1.29 is 28.6 Å². The Morgan fingerprint density at radius 2 is 1.05 bits per heavy atom. The first-order valence-corrected chi connectivity index (χ1v) is 12.7. The summed E-state index contributed by atoms with van der Waals surface area (Å²) in [5.41, 5.74) is 1.75. The van der Waals surface area contributed by atoms with Crippen LogP contribution in [-0.2, 0) is 27.4 Å². The second-order valence-corrected chi connectivity index (χ2v) is 8.66. The van der Waals surface area contributed by atoms with Crippen LogP contribution in [0.5, 0.6) is 0 Å². The van der Waals surface area contributed by atoms with Gasteiger partial charge in [-0.25, -0.2) is 14.4 Å². The van der Waals surface area contributed by atoms with Crippen LogP contribution in [0.25, 0.3) is 0 Å². The molecule has 10 nitrogen and oxygen atoms in total. The van der Waals surface area contributed by atoms with E-state index < -0.39 is 18.3 Å². The highest BCUT2D eigenvalue weighted by Crippen LogP contribution is 2.08. The van der Waals surface area contributed by atoms with E-state index in [1.54, 1.807) is 9.80 Å². The molecule has 1 fully saturated rings. The van der Waals surface area contributed by atoms with Gasteiger partial charge in [0.25, 0.3) is 0 Å². The molecule has 0 aliphatic carbocycles. The average molecular weight is 525 g/mol. The summed E-state index contributed by atoms with van der Waals surface area (Å²) in [6, 6.07) is 18.8. The van der Waals surface area contributed by atoms with Gasteiger partial charge in [0.05, 0.1) is 0 Å². The van der Waals surface area contributed by atoms with Crippen molar-refractivity contribution in [2.24, 2.45) is 0 Å². The van der Waals surface area contributed by atoms with Crippen LogP contribution in [0.4, 0.5) is 14.4 Å². The summed E-state index contributed by atoms with van der Waals surface area (Å²) in [7, 11) is 0. The van der Waals surface area contributed by atoms with Crippen LogP contribution in [0.3, 0.4) is 0 Å². The lowest BCUT2D eigenvalue weighted by Crippen LogP contribution is -2.49. The molecule has 1 heterocycles. The van der Waals surface area contributed by atoms with Crippen molar-refractivity contribution in [3.8, 4) is 0 Å². The molecule has 0 aromatic heterocycles. The first kappa shape index (κ1) is 28.5. The smallest absolute Gasteiger partial charge is 0.410 e. The Bertz CT molecular complexity index is 1020. The van der Waals surface area contributed by atoms with Crippen molar-refractivity contribution in [2.75, 3.05) is 59.0 Å². The Kier molecular flexibility index (Phi) is 12.0. The molecular formula is C28H36N4O6. The van der Waals surface area contributed by atoms with E-state index in [0.717, 1.165) is 11.1 Å². The lowest BCUT2D eigenvalue weighted by molar-refractivity contribution is 0.0713. The van der Waals surface area contributed by atoms with Gasteiger partial charge in [-0.05, 0) is 11.1 Å². The van der Waals surface area contributed by atoms with Crippen LogP contribution in [0.1, 0.15) is 11.1 Å². The van der Waals surface area contributed by atoms with E-state index in [2.05, 4.69) is 11.9 Å². The van der Waals surface area contributed by atoms with Crippen molar-refractivity contribution in [3.63, 3.8) is 0 Å². The third kappa shape index (κ3) is 9.78. The predicted octanol–water partition coefficient (Wildman–Crippen LogP) is 3.49. The van der Waals surface area contributed by atoms with Crippen LogP contribution < -0.4 is 5.32 Å². The molecule has 0 unspecified atom stereocenters. The summed E-state index contributed by atoms with van der Waals surface area (Å²) in [5, 5.41) is 3.25. The maximum Gasteiger partial charge on any atom is 0.410 e. The molecule has 0 atom stereocenters. The molecule has 1 N–H and O–H groups in total. The zero-order valence-corrected chi connectivity index (χ0v) is 21.6. The van der Waals surface area contributed by atoms with Gasteiger partial charge < -0.3 is 34.2 Å². The van der Waals surface area contributed by atoms with Crippen LogP contribution in [0, 0.1) is 0 Å². The highest BCUT2D eigenvalue weighted by Gasteiger charge is 2.23. The van der Waals surface area contributed by atoms with Gasteiger partial charge in [0.15, 0.2) is 0 Å². The van der Waals surface area contributed by atoms with Gasteiger partial charge in [0, 0.05) is 52.4 Å². The number of amides is 3. The maximum atomic E-state index is 13.0. The fourth-order valence-corrected chi connectivity index (χ4v) is 3.76. The van der Waals surface area contributed by atoms with Gasteiger partial charge in [0.1, 0.15) is 19.8 Å². The average Bonchev–Trinajstić information content (AvgIpc) is 2.94. The monoisotopic (exact) mass is 524 g/mol. The minimum Gasteiger partial charge on any atom is -0.445 e. The summed E-state index contributed by atoms with van der Waals surface area (Å²) in [6.07, 6.45) is 0.0410. The van der Waals surface area contributed by atoms with Crippen LogP contribution in [0.2, 0.25) is 0 Å². The molecule has 0 saturated carbocycles. The summed E-state index contributed by atoms with van der Waals surface area (Å²) in [4.78, 5) is 43.1. The molecule has 204 valence electrons. The van der Waals surface area contributed by atoms with Gasteiger partial charge in [-0.2, -0.15) is 0 Å². The molecule has 1 aliphatic rings. The molecule has 0 bridgehead atoms. The number of benzene rings is 2. The lowest BCUT2D eigenvalue weighted by atomic mass is 10.2. The summed E-state index contributed by atoms with van der Waals surface area (Å²) in [5.74, 6) is 0. The SMILES string of the molecule is C=CCOC(=O)N1CCNCCN(C(=O)OCc2ccccc2)CCN(C(=O)OCc2ccccc2)CC1. The molecule has 3 amide bonds. The Balaban J connectivity index is 1.66. The Labute approximate surface area is 223 Å². The van der Waals surface area contributed by atoms with E-state index in [9.17, 15) is 14.4 Å². The molecule has 1 aliphatic heterocycles. The fourth-order valence-electron chi connectivity index (χ4n) is 3.76. The minimum absolute atomic E-state index is 0.103. The quantitative estimate of drug-likeness (QED) is 0.456. The topological polar surface area (TPSA) is 101 Å². The first-order valence-electron chi connectivity index (χ1n) is 12.7. The summed E-state index contributed by atoms with van der Waals surface area (Å²) in [6.45, 7) is 6.62. The number of carbonyl (C=O) groups excluding carboxylic acids is 3. The predicted molar refractivity (Wildman–Crippen MR) is 142 cm³/mol. The second kappa shape index (κ2) is 15.9. The van der Waals surface area contributed by atoms with E-state index in [0.29, 0.717) is 26.2 Å². The number of hydrogen-bond acceptors (Lipinski definition) is 7. The largest absolute Gasteiger partial charge is 0.445 e. The molecule has 1 saturated heterocycles. The lowest BCUT2D eigenvalue weighted by Gasteiger charge is -2.30. The minimum atomic E-state index is -0.527. The summed E-state index contributed by atoms with van der Waals surface area (Å²) >= 11 is 0. The van der Waals surface area contributed by atoms with E-state index in [-0.39, 0.29) is 46.0 Å². The van der Waals surface area contributed by atoms with Gasteiger partial charge in [-0.3, -0.25) is 0 Å². The Morgan fingerprint density at radius 3 is 1.47 bits per heavy atom. The molecular weight excluding hydrogens is 488 g/mol. The summed E-state index contributed by atoms with van der Waals surface area (Å²) < 4.78 is 16.3. The molecule has 10 heteroatoms. The van der Waals surface area contributed by atoms with Crippen molar-refractivity contribution in [1.82, 2.24) is 20.0 Å². The first-order chi connectivity index (χ1) is 18.6. The van der Waals surface area contributed by atoms with Crippen LogP contribution in [0.15, 0.2) is 73.3 Å². The van der Waals surface area contributed by atoms with Crippen LogP contribution in [-0.4, -0.2) is 91.9 Å². The highest BCUT2D eigenvalue weighted by molar-refractivity contribution is 5.70. The molecule has 38 heavy (non-hydrogen) atoms. The molecule has 2 aromatic carbocycles. The highest BCUT2D eigenvalue weighted by atomic mass is 16.6. The number of nitrogens with zero attached hydrogens (tertiary/aromatic N) is 3. The Hall–Kier alpha value is -4.05. The molecule has 0 spiro atoms. The number of hydrogen-bond donors (Lipinski definition) is 1. The number of ether oxygens (including phenoxy) is 3. The fraction of sp³-hybridized carbons (Fsp3) is 0.393. The van der Waals surface area contributed by atoms with Gasteiger partial charge in [-0.15, -0.1) is 0 Å². The number of carbonyl (C=O) groups is 3. The number of rotatable bonds is 6. The van der Waals surface area contributed by atoms with Crippen molar-refractivity contribution >= 4 is 18.3 Å². The zero-order chi connectivity index (χ0) is 27.0. The van der Waals surface area contributed by atoms with E-state index in [4.69, 9.17) is 14.2 Å². The molecule has 0 radical (unpaired) electrons. The van der Waals surface area contributed by atoms with E-state index in [1.165, 1.54) is 11.0 Å². The van der Waals surface area contributed by atoms with Crippen molar-refractivity contribution in [3.05, 3.63) is 84.4 Å². The third-order valence-electron chi connectivity index (χ3n) is 5.91. The van der Waals surface area contributed by atoms with Crippen molar-refractivity contribution in [1.29, 1.82) is 0 Å². The third-order valence-corrected chi connectivity index (χ3v) is 5.91. The van der Waals surface area contributed by atoms with Crippen molar-refractivity contribution in [2.45, 2.75) is 13.2 Å². The van der Waals surface area contributed by atoms with E-state index >= 15 is 0 Å². The Morgan fingerprint density at radius 1 is 0.658 bits per heavy atom. The normalized spacial score (nSPS) is 15.0. The van der Waals surface area contributed by atoms with Crippen LogP contribution >= 0.6 is 0 Å². The maximum absolute atomic E-state index is 13.0. The number of nitrogens with one attached hydrogen (secondary N) is 1.